The molecule has 6 heteroatoms. The molecule has 0 saturated heterocycles. The monoisotopic (exact) mass is 541 g/mol. The lowest BCUT2D eigenvalue weighted by atomic mass is 10.0. The van der Waals surface area contributed by atoms with Crippen LogP contribution in [0.1, 0.15) is 151 Å². The molecule has 0 aromatic rings. The number of methoxy groups -OCH3 is 1. The number of hydrogen-bond donors (Lipinski definition) is 0. The Morgan fingerprint density at radius 2 is 1.18 bits per heavy atom. The summed E-state index contributed by atoms with van der Waals surface area (Å²) in [6.45, 7) is 14.0. The summed E-state index contributed by atoms with van der Waals surface area (Å²) < 4.78 is 16.9. The molecule has 0 fully saturated rings. The Bertz CT molecular complexity index is 590. The molecule has 6 nitrogen and oxygen atoms in total. The molecule has 0 bridgehead atoms. The summed E-state index contributed by atoms with van der Waals surface area (Å²) in [5.41, 5.74) is -0.625. The van der Waals surface area contributed by atoms with E-state index in [0.717, 1.165) is 25.7 Å². The van der Waals surface area contributed by atoms with Gasteiger partial charge in [0.15, 0.2) is 0 Å². The fraction of sp³-hybridized carbons (Fsp3) is 0.938. The third-order valence-corrected chi connectivity index (χ3v) is 7.36. The molecule has 0 saturated carbocycles. The standard InChI is InChI=1S/C32H63NO5/c1-8-9-10-11-12-13-14-15-16-17-18-19-20-21-27-37-30(35)23-26-33(29(2)34)25-22-24-31(3,4)38-28-32(5,6)36-7/h8-28H2,1-7H3. The molecular weight excluding hydrogens is 478 g/mol. The van der Waals surface area contributed by atoms with E-state index in [0.29, 0.717) is 26.3 Å². The normalized spacial score (nSPS) is 12.1. The van der Waals surface area contributed by atoms with E-state index in [1.807, 2.05) is 13.8 Å². The molecule has 0 atom stereocenters. The lowest BCUT2D eigenvalue weighted by Crippen LogP contribution is -2.37. The van der Waals surface area contributed by atoms with Gasteiger partial charge < -0.3 is 19.1 Å². The van der Waals surface area contributed by atoms with Crippen molar-refractivity contribution < 1.29 is 23.8 Å². The lowest BCUT2D eigenvalue weighted by molar-refractivity contribution is -0.144. The second-order valence-electron chi connectivity index (χ2n) is 12.2. The topological polar surface area (TPSA) is 65.1 Å². The predicted octanol–water partition coefficient (Wildman–Crippen LogP) is 8.25. The number of unbranched alkanes of at least 4 members (excludes halogenated alkanes) is 13. The van der Waals surface area contributed by atoms with Gasteiger partial charge in [-0.1, -0.05) is 90.4 Å². The molecule has 0 heterocycles. The first-order valence-corrected chi connectivity index (χ1v) is 15.6. The second kappa shape index (κ2) is 22.7. The smallest absolute Gasteiger partial charge is 0.307 e. The van der Waals surface area contributed by atoms with Crippen LogP contribution in [0.2, 0.25) is 0 Å². The zero-order valence-electron chi connectivity index (χ0n) is 26.3. The van der Waals surface area contributed by atoms with Crippen LogP contribution in [0.4, 0.5) is 0 Å². The first-order valence-electron chi connectivity index (χ1n) is 15.6. The Morgan fingerprint density at radius 1 is 0.684 bits per heavy atom. The number of amides is 1. The van der Waals surface area contributed by atoms with Crippen LogP contribution >= 0.6 is 0 Å². The number of nitrogens with zero attached hydrogens (tertiary/aromatic N) is 1. The number of carbonyl (C=O) groups excluding carboxylic acids is 2. The van der Waals surface area contributed by atoms with Crippen LogP contribution < -0.4 is 0 Å². The van der Waals surface area contributed by atoms with Gasteiger partial charge in [-0.3, -0.25) is 9.59 Å². The molecule has 0 aliphatic rings. The average molecular weight is 542 g/mol. The van der Waals surface area contributed by atoms with Gasteiger partial charge in [0.1, 0.15) is 0 Å². The van der Waals surface area contributed by atoms with Crippen molar-refractivity contribution in [2.24, 2.45) is 0 Å². The highest BCUT2D eigenvalue weighted by Crippen LogP contribution is 2.21. The van der Waals surface area contributed by atoms with Gasteiger partial charge in [0.2, 0.25) is 5.91 Å². The molecule has 0 spiro atoms. The number of hydrogen-bond acceptors (Lipinski definition) is 5. The van der Waals surface area contributed by atoms with E-state index < -0.39 is 0 Å². The SMILES string of the molecule is CCCCCCCCCCCCCCCCOC(=O)CCN(CCCC(C)(C)OCC(C)(C)OC)C(C)=O. The minimum atomic E-state index is -0.324. The molecule has 1 amide bonds. The third-order valence-electron chi connectivity index (χ3n) is 7.36. The third kappa shape index (κ3) is 22.8. The van der Waals surface area contributed by atoms with Crippen LogP contribution in [0.15, 0.2) is 0 Å². The van der Waals surface area contributed by atoms with Gasteiger partial charge in [-0.2, -0.15) is 0 Å². The Labute approximate surface area is 235 Å². The largest absolute Gasteiger partial charge is 0.466 e. The van der Waals surface area contributed by atoms with E-state index in [9.17, 15) is 9.59 Å². The fourth-order valence-electron chi connectivity index (χ4n) is 4.40. The molecule has 38 heavy (non-hydrogen) atoms. The van der Waals surface area contributed by atoms with Gasteiger partial charge in [0, 0.05) is 27.1 Å². The summed E-state index contributed by atoms with van der Waals surface area (Å²) in [7, 11) is 1.69. The highest BCUT2D eigenvalue weighted by atomic mass is 16.5. The van der Waals surface area contributed by atoms with E-state index in [2.05, 4.69) is 20.8 Å². The molecule has 0 unspecified atom stereocenters. The van der Waals surface area contributed by atoms with Crippen LogP contribution in [-0.4, -0.2) is 61.4 Å². The van der Waals surface area contributed by atoms with E-state index in [4.69, 9.17) is 14.2 Å². The summed E-state index contributed by atoms with van der Waals surface area (Å²) >= 11 is 0. The van der Waals surface area contributed by atoms with Gasteiger partial charge in [0.05, 0.1) is 30.8 Å². The lowest BCUT2D eigenvalue weighted by Gasteiger charge is -2.32. The van der Waals surface area contributed by atoms with Crippen LogP contribution in [0.25, 0.3) is 0 Å². The van der Waals surface area contributed by atoms with Gasteiger partial charge in [0.25, 0.3) is 0 Å². The maximum atomic E-state index is 12.2. The van der Waals surface area contributed by atoms with Crippen molar-refractivity contribution in [2.75, 3.05) is 33.4 Å². The van der Waals surface area contributed by atoms with Crippen LogP contribution in [0, 0.1) is 0 Å². The number of ether oxygens (including phenoxy) is 3. The summed E-state index contributed by atoms with van der Waals surface area (Å²) in [5, 5.41) is 0. The van der Waals surface area contributed by atoms with E-state index in [1.165, 1.54) is 77.0 Å². The molecule has 0 rings (SSSR count). The van der Waals surface area contributed by atoms with Crippen molar-refractivity contribution >= 4 is 11.9 Å². The first kappa shape index (κ1) is 36.9. The predicted molar refractivity (Wildman–Crippen MR) is 158 cm³/mol. The van der Waals surface area contributed by atoms with Gasteiger partial charge in [-0.05, 0) is 47.0 Å². The molecule has 0 aliphatic heterocycles. The van der Waals surface area contributed by atoms with Crippen LogP contribution in [0.5, 0.6) is 0 Å². The zero-order valence-corrected chi connectivity index (χ0v) is 26.3. The number of carbonyl (C=O) groups is 2. The Morgan fingerprint density at radius 3 is 1.66 bits per heavy atom. The van der Waals surface area contributed by atoms with Crippen LogP contribution in [0.3, 0.4) is 0 Å². The maximum absolute atomic E-state index is 12.2. The minimum absolute atomic E-state index is 0.0102. The summed E-state index contributed by atoms with van der Waals surface area (Å²) in [4.78, 5) is 25.9. The van der Waals surface area contributed by atoms with Gasteiger partial charge >= 0.3 is 5.97 Å². The van der Waals surface area contributed by atoms with E-state index in [1.54, 1.807) is 18.9 Å². The highest BCUT2D eigenvalue weighted by Gasteiger charge is 2.25. The van der Waals surface area contributed by atoms with Crippen molar-refractivity contribution in [3.8, 4) is 0 Å². The zero-order chi connectivity index (χ0) is 28.7. The van der Waals surface area contributed by atoms with E-state index in [-0.39, 0.29) is 29.5 Å². The maximum Gasteiger partial charge on any atom is 0.307 e. The molecule has 0 aromatic carbocycles. The Balaban J connectivity index is 3.79. The van der Waals surface area contributed by atoms with Crippen molar-refractivity contribution in [3.05, 3.63) is 0 Å². The molecular formula is C32H63NO5. The average Bonchev–Trinajstić information content (AvgIpc) is 2.87. The summed E-state index contributed by atoms with van der Waals surface area (Å²) in [6, 6.07) is 0. The quantitative estimate of drug-likeness (QED) is 0.0815. The highest BCUT2D eigenvalue weighted by molar-refractivity contribution is 5.75. The Hall–Kier alpha value is -1.14. The number of esters is 1. The van der Waals surface area contributed by atoms with Crippen molar-refractivity contribution in [2.45, 2.75) is 162 Å². The number of rotatable bonds is 26. The summed E-state index contributed by atoms with van der Waals surface area (Å²) in [5.74, 6) is -0.222. The molecule has 0 aromatic heterocycles. The second-order valence-corrected chi connectivity index (χ2v) is 12.2. The molecule has 0 radical (unpaired) electrons. The van der Waals surface area contributed by atoms with Gasteiger partial charge in [-0.15, -0.1) is 0 Å². The molecule has 0 aliphatic carbocycles. The van der Waals surface area contributed by atoms with Crippen molar-refractivity contribution in [1.29, 1.82) is 0 Å². The summed E-state index contributed by atoms with van der Waals surface area (Å²) in [6.07, 6.45) is 20.2. The molecule has 0 N–H and O–H groups in total. The van der Waals surface area contributed by atoms with Crippen LogP contribution in [-0.2, 0) is 23.8 Å². The van der Waals surface area contributed by atoms with Crippen molar-refractivity contribution in [3.63, 3.8) is 0 Å². The van der Waals surface area contributed by atoms with Gasteiger partial charge in [-0.25, -0.2) is 0 Å². The fourth-order valence-corrected chi connectivity index (χ4v) is 4.40. The minimum Gasteiger partial charge on any atom is -0.466 e. The first-order chi connectivity index (χ1) is 18.0. The van der Waals surface area contributed by atoms with E-state index >= 15 is 0 Å². The molecule has 226 valence electrons. The van der Waals surface area contributed by atoms with Crippen molar-refractivity contribution in [1.82, 2.24) is 4.90 Å². The Kier molecular flexibility index (Phi) is 22.0.